The molecule has 3 rings (SSSR count). The summed E-state index contributed by atoms with van der Waals surface area (Å²) in [5, 5.41) is 10.6. The summed E-state index contributed by atoms with van der Waals surface area (Å²) in [5.41, 5.74) is -0.152. The normalized spacial score (nSPS) is 28.3. The van der Waals surface area contributed by atoms with E-state index in [-0.39, 0.29) is 22.6 Å². The van der Waals surface area contributed by atoms with Crippen LogP contribution in [0.4, 0.5) is 5.69 Å². The van der Waals surface area contributed by atoms with Gasteiger partial charge in [-0.25, -0.2) is 0 Å². The Bertz CT molecular complexity index is 656. The minimum Gasteiger partial charge on any atom is -0.381 e. The maximum absolute atomic E-state index is 12.3. The summed E-state index contributed by atoms with van der Waals surface area (Å²) in [6, 6.07) is 4.75. The molecule has 2 aliphatic rings. The van der Waals surface area contributed by atoms with Crippen LogP contribution in [0.2, 0.25) is 0 Å². The van der Waals surface area contributed by atoms with Gasteiger partial charge in [-0.3, -0.25) is 14.3 Å². The largest absolute Gasteiger partial charge is 0.381 e. The summed E-state index contributed by atoms with van der Waals surface area (Å²) in [6.07, 6.45) is 2.28. The summed E-state index contributed by atoms with van der Waals surface area (Å²) in [4.78, 5) is 9.99. The second-order valence-corrected chi connectivity index (χ2v) is 7.30. The zero-order chi connectivity index (χ0) is 15.7. The highest BCUT2D eigenvalue weighted by Crippen LogP contribution is 2.38. The van der Waals surface area contributed by atoms with Crippen molar-refractivity contribution in [2.24, 2.45) is 11.8 Å². The third kappa shape index (κ3) is 2.99. The van der Waals surface area contributed by atoms with Crippen LogP contribution in [0, 0.1) is 22.0 Å². The molecule has 1 aromatic rings. The zero-order valence-electron chi connectivity index (χ0n) is 11.9. The smallest absolute Gasteiger partial charge is 0.297 e. The second kappa shape index (κ2) is 5.94. The molecule has 1 aliphatic heterocycles. The predicted octanol–water partition coefficient (Wildman–Crippen LogP) is 2.12. The van der Waals surface area contributed by atoms with E-state index < -0.39 is 15.0 Å². The topological polar surface area (TPSA) is 95.7 Å². The Hall–Kier alpha value is -1.51. The number of non-ortho nitro benzene ring substituents is 1. The molecule has 0 radical (unpaired) electrons. The van der Waals surface area contributed by atoms with Gasteiger partial charge in [-0.15, -0.1) is 0 Å². The Morgan fingerprint density at radius 2 is 1.91 bits per heavy atom. The summed E-state index contributed by atoms with van der Waals surface area (Å²) in [7, 11) is -3.92. The van der Waals surface area contributed by atoms with Crippen molar-refractivity contribution in [1.82, 2.24) is 0 Å². The lowest BCUT2D eigenvalue weighted by Gasteiger charge is -2.31. The van der Waals surface area contributed by atoms with Crippen molar-refractivity contribution < 1.29 is 22.3 Å². The van der Waals surface area contributed by atoms with Gasteiger partial charge in [-0.05, 0) is 30.9 Å². The van der Waals surface area contributed by atoms with Crippen LogP contribution in [0.15, 0.2) is 29.2 Å². The molecule has 0 amide bonds. The van der Waals surface area contributed by atoms with Gasteiger partial charge in [-0.1, -0.05) is 6.42 Å². The van der Waals surface area contributed by atoms with Crippen LogP contribution in [0.25, 0.3) is 0 Å². The first-order valence-corrected chi connectivity index (χ1v) is 8.64. The van der Waals surface area contributed by atoms with E-state index in [0.29, 0.717) is 25.6 Å². The van der Waals surface area contributed by atoms with Crippen molar-refractivity contribution in [1.29, 1.82) is 0 Å². The highest BCUT2D eigenvalue weighted by molar-refractivity contribution is 7.86. The molecular weight excluding hydrogens is 310 g/mol. The first-order valence-electron chi connectivity index (χ1n) is 7.23. The third-order valence-electron chi connectivity index (χ3n) is 4.38. The molecule has 7 nitrogen and oxygen atoms in total. The van der Waals surface area contributed by atoms with Gasteiger partial charge in [0.2, 0.25) is 0 Å². The first kappa shape index (κ1) is 15.4. The lowest BCUT2D eigenvalue weighted by molar-refractivity contribution is -0.384. The van der Waals surface area contributed by atoms with Gasteiger partial charge in [-0.2, -0.15) is 8.42 Å². The fourth-order valence-corrected chi connectivity index (χ4v) is 4.34. The molecule has 3 atom stereocenters. The predicted molar refractivity (Wildman–Crippen MR) is 76.8 cm³/mol. The molecule has 1 heterocycles. The molecule has 1 saturated heterocycles. The Labute approximate surface area is 128 Å². The van der Waals surface area contributed by atoms with E-state index in [4.69, 9.17) is 8.92 Å². The van der Waals surface area contributed by atoms with Crippen molar-refractivity contribution in [3.63, 3.8) is 0 Å². The number of nitrogens with zero attached hydrogens (tertiary/aromatic N) is 1. The van der Waals surface area contributed by atoms with Gasteiger partial charge in [0.15, 0.2) is 0 Å². The Balaban J connectivity index is 1.76. The van der Waals surface area contributed by atoms with Crippen LogP contribution < -0.4 is 0 Å². The number of nitro groups is 1. The number of nitro benzene ring substituents is 1. The molecule has 1 aromatic carbocycles. The van der Waals surface area contributed by atoms with Crippen LogP contribution in [0.1, 0.15) is 19.3 Å². The first-order chi connectivity index (χ1) is 10.5. The summed E-state index contributed by atoms with van der Waals surface area (Å²) < 4.78 is 35.5. The monoisotopic (exact) mass is 327 g/mol. The number of benzene rings is 1. The van der Waals surface area contributed by atoms with E-state index in [1.807, 2.05) is 0 Å². The van der Waals surface area contributed by atoms with Gasteiger partial charge in [0.05, 0.1) is 22.5 Å². The lowest BCUT2D eigenvalue weighted by Crippen LogP contribution is -2.35. The van der Waals surface area contributed by atoms with Gasteiger partial charge in [0.25, 0.3) is 15.8 Å². The standard InChI is InChI=1S/C14H17NO6S/c16-15(17)11-4-6-12(7-5-11)22(18,19)21-14-3-1-2-10-8-20-9-13(10)14/h4-7,10,13-14H,1-3,8-9H2/t10-,13-,14+/m0/s1. The van der Waals surface area contributed by atoms with Crippen LogP contribution in [0.5, 0.6) is 0 Å². The van der Waals surface area contributed by atoms with Gasteiger partial charge in [0.1, 0.15) is 0 Å². The molecule has 1 aliphatic carbocycles. The molecular formula is C14H17NO6S. The van der Waals surface area contributed by atoms with Gasteiger partial charge in [0, 0.05) is 24.7 Å². The average Bonchev–Trinajstić information content (AvgIpc) is 2.96. The molecule has 1 saturated carbocycles. The number of hydrogen-bond acceptors (Lipinski definition) is 6. The highest BCUT2D eigenvalue weighted by atomic mass is 32.2. The molecule has 8 heteroatoms. The van der Waals surface area contributed by atoms with E-state index in [0.717, 1.165) is 12.8 Å². The quantitative estimate of drug-likeness (QED) is 0.477. The van der Waals surface area contributed by atoms with Crippen LogP contribution in [-0.2, 0) is 19.0 Å². The lowest BCUT2D eigenvalue weighted by atomic mass is 9.80. The fourth-order valence-electron chi connectivity index (χ4n) is 3.19. The number of ether oxygens (including phenoxy) is 1. The third-order valence-corrected chi connectivity index (χ3v) is 5.73. The fraction of sp³-hybridized carbons (Fsp3) is 0.571. The van der Waals surface area contributed by atoms with Crippen molar-refractivity contribution in [3.05, 3.63) is 34.4 Å². The Kier molecular flexibility index (Phi) is 4.16. The molecule has 0 bridgehead atoms. The Morgan fingerprint density at radius 3 is 2.59 bits per heavy atom. The maximum atomic E-state index is 12.3. The van der Waals surface area contributed by atoms with Crippen molar-refractivity contribution in [2.75, 3.05) is 13.2 Å². The van der Waals surface area contributed by atoms with Crippen LogP contribution in [0.3, 0.4) is 0 Å². The van der Waals surface area contributed by atoms with Gasteiger partial charge < -0.3 is 4.74 Å². The van der Waals surface area contributed by atoms with Crippen molar-refractivity contribution in [2.45, 2.75) is 30.3 Å². The van der Waals surface area contributed by atoms with E-state index in [1.165, 1.54) is 24.3 Å². The second-order valence-electron chi connectivity index (χ2n) is 5.73. The summed E-state index contributed by atoms with van der Waals surface area (Å²) in [5.74, 6) is 0.479. The van der Waals surface area contributed by atoms with Crippen LogP contribution in [-0.4, -0.2) is 32.7 Å². The Morgan fingerprint density at radius 1 is 1.18 bits per heavy atom. The molecule has 2 fully saturated rings. The molecule has 0 spiro atoms. The van der Waals surface area contributed by atoms with Crippen LogP contribution >= 0.6 is 0 Å². The van der Waals surface area contributed by atoms with Gasteiger partial charge >= 0.3 is 0 Å². The van der Waals surface area contributed by atoms with E-state index >= 15 is 0 Å². The summed E-state index contributed by atoms with van der Waals surface area (Å²) >= 11 is 0. The van der Waals surface area contributed by atoms with E-state index in [1.54, 1.807) is 0 Å². The average molecular weight is 327 g/mol. The number of rotatable bonds is 4. The maximum Gasteiger partial charge on any atom is 0.297 e. The zero-order valence-corrected chi connectivity index (χ0v) is 12.7. The van der Waals surface area contributed by atoms with E-state index in [2.05, 4.69) is 0 Å². The highest BCUT2D eigenvalue weighted by Gasteiger charge is 2.40. The molecule has 0 N–H and O–H groups in total. The number of fused-ring (bicyclic) bond motifs is 1. The summed E-state index contributed by atoms with van der Waals surface area (Å²) in [6.45, 7) is 1.20. The van der Waals surface area contributed by atoms with E-state index in [9.17, 15) is 18.5 Å². The molecule has 22 heavy (non-hydrogen) atoms. The van der Waals surface area contributed by atoms with Crippen molar-refractivity contribution in [3.8, 4) is 0 Å². The number of hydrogen-bond donors (Lipinski definition) is 0. The minimum absolute atomic E-state index is 0.0564. The molecule has 120 valence electrons. The van der Waals surface area contributed by atoms with Crippen molar-refractivity contribution >= 4 is 15.8 Å². The SMILES string of the molecule is O=[N+]([O-])c1ccc(S(=O)(=O)O[C@@H]2CCC[C@H]3COC[C@@H]32)cc1. The molecule has 0 unspecified atom stereocenters. The minimum atomic E-state index is -3.92. The molecule has 0 aromatic heterocycles.